The minimum Gasteiger partial charge on any atom is -0.345 e. The molecule has 1 unspecified atom stereocenters. The van der Waals surface area contributed by atoms with E-state index in [0.29, 0.717) is 0 Å². The number of aryl methyl sites for hydroxylation is 1. The van der Waals surface area contributed by atoms with Gasteiger partial charge in [-0.3, -0.25) is 0 Å². The maximum absolute atomic E-state index is 2.45. The van der Waals surface area contributed by atoms with E-state index >= 15 is 0 Å². The van der Waals surface area contributed by atoms with Gasteiger partial charge in [0.25, 0.3) is 0 Å². The minimum absolute atomic E-state index is 0.0707. The summed E-state index contributed by atoms with van der Waals surface area (Å²) in [5.41, 5.74) is 12.3. The number of thiophene rings is 4. The first kappa shape index (κ1) is 51.4. The number of hydrogen-bond donors (Lipinski definition) is 0. The third-order valence-electron chi connectivity index (χ3n) is 14.4. The fraction of sp³-hybridized carbons (Fsp3) is 0.303. The van der Waals surface area contributed by atoms with Gasteiger partial charge in [0.2, 0.25) is 0 Å². The summed E-state index contributed by atoms with van der Waals surface area (Å²) in [6.45, 7) is 20.7. The molecule has 2 nitrogen and oxygen atoms in total. The summed E-state index contributed by atoms with van der Waals surface area (Å²) in [7, 11) is 2.14. The lowest BCUT2D eigenvalue weighted by molar-refractivity contribution is 0.521. The Hall–Kier alpha value is -5.50. The van der Waals surface area contributed by atoms with E-state index < -0.39 is 0 Å². The second kappa shape index (κ2) is 21.9. The van der Waals surface area contributed by atoms with Crippen molar-refractivity contribution in [2.45, 2.75) is 124 Å². The molecule has 0 radical (unpaired) electrons. The van der Waals surface area contributed by atoms with Crippen LogP contribution in [0.1, 0.15) is 127 Å². The van der Waals surface area contributed by atoms with Gasteiger partial charge in [0.1, 0.15) is 0 Å². The molecule has 6 heteroatoms. The van der Waals surface area contributed by atoms with Crippen molar-refractivity contribution in [1.82, 2.24) is 0 Å². The zero-order chi connectivity index (χ0) is 50.6. The maximum Gasteiger partial charge on any atom is 0.0462 e. The normalized spacial score (nSPS) is 12.8. The Kier molecular flexibility index (Phi) is 15.6. The lowest BCUT2D eigenvalue weighted by atomic mass is 9.77. The number of nitrogens with zero attached hydrogens (tertiary/aromatic N) is 2. The van der Waals surface area contributed by atoms with E-state index in [1.165, 1.54) is 105 Å². The molecule has 0 aliphatic carbocycles. The standard InChI is InChI=1S/C66H72N2S4/c1-11-13-14-15-16-56-37-38-57(69-56)58-39-40-59(70-58)60-41-42-61(71-60)62-43-44-63(72-62)66(9,45-12-2)50-25-35-55(36-26-50)68(54-33-23-49(24-34-54)65(6,7)8)53-29-19-47(20-30-53)46-17-27-51(28-18-46)67(10)52-31-21-48(22-32-52)64(3,4)5/h17-44H,11-16,45H2,1-10H3. The number of rotatable bonds is 18. The van der Waals surface area contributed by atoms with Crippen molar-refractivity contribution >= 4 is 73.8 Å². The first-order chi connectivity index (χ1) is 34.6. The van der Waals surface area contributed by atoms with E-state index in [4.69, 9.17) is 0 Å². The van der Waals surface area contributed by atoms with Crippen LogP contribution in [0, 0.1) is 0 Å². The molecule has 0 spiro atoms. The van der Waals surface area contributed by atoms with Crippen LogP contribution in [0.2, 0.25) is 0 Å². The highest BCUT2D eigenvalue weighted by molar-refractivity contribution is 7.28. The van der Waals surface area contributed by atoms with Crippen molar-refractivity contribution in [2.75, 3.05) is 16.8 Å². The largest absolute Gasteiger partial charge is 0.345 e. The van der Waals surface area contributed by atoms with Crippen molar-refractivity contribution in [2.24, 2.45) is 0 Å². The Labute approximate surface area is 447 Å². The molecule has 4 heterocycles. The fourth-order valence-electron chi connectivity index (χ4n) is 9.80. The molecular formula is C66H72N2S4. The molecule has 0 saturated heterocycles. The highest BCUT2D eigenvalue weighted by Crippen LogP contribution is 2.47. The van der Waals surface area contributed by atoms with Crippen LogP contribution < -0.4 is 9.80 Å². The predicted molar refractivity (Wildman–Crippen MR) is 322 cm³/mol. The summed E-state index contributed by atoms with van der Waals surface area (Å²) < 4.78 is 0. The van der Waals surface area contributed by atoms with E-state index in [1.54, 1.807) is 0 Å². The van der Waals surface area contributed by atoms with Gasteiger partial charge in [-0.15, -0.1) is 45.3 Å². The molecule has 0 bridgehead atoms. The van der Waals surface area contributed by atoms with Gasteiger partial charge in [0.15, 0.2) is 0 Å². The third kappa shape index (κ3) is 11.5. The molecule has 1 atom stereocenters. The Morgan fingerprint density at radius 1 is 0.361 bits per heavy atom. The van der Waals surface area contributed by atoms with Gasteiger partial charge in [-0.1, -0.05) is 149 Å². The molecule has 9 rings (SSSR count). The summed E-state index contributed by atoms with van der Waals surface area (Å²) in [5, 5.41) is 0. The van der Waals surface area contributed by atoms with Crippen LogP contribution in [0.3, 0.4) is 0 Å². The minimum atomic E-state index is -0.115. The second-order valence-electron chi connectivity index (χ2n) is 21.8. The van der Waals surface area contributed by atoms with Crippen molar-refractivity contribution < 1.29 is 0 Å². The van der Waals surface area contributed by atoms with Gasteiger partial charge in [0.05, 0.1) is 0 Å². The molecule has 0 N–H and O–H groups in total. The van der Waals surface area contributed by atoms with E-state index in [2.05, 4.69) is 249 Å². The number of hydrogen-bond acceptors (Lipinski definition) is 6. The van der Waals surface area contributed by atoms with Crippen LogP contribution >= 0.6 is 45.3 Å². The third-order valence-corrected chi connectivity index (χ3v) is 19.6. The van der Waals surface area contributed by atoms with Gasteiger partial charge in [0, 0.05) is 79.9 Å². The van der Waals surface area contributed by atoms with Crippen LogP contribution in [0.15, 0.2) is 170 Å². The highest BCUT2D eigenvalue weighted by Gasteiger charge is 2.31. The molecule has 0 aliphatic heterocycles. The number of anilines is 5. The monoisotopic (exact) mass is 1020 g/mol. The van der Waals surface area contributed by atoms with Gasteiger partial charge < -0.3 is 9.80 Å². The molecule has 5 aromatic carbocycles. The topological polar surface area (TPSA) is 6.48 Å². The van der Waals surface area contributed by atoms with Crippen molar-refractivity contribution in [3.8, 4) is 40.4 Å². The van der Waals surface area contributed by atoms with E-state index in [-0.39, 0.29) is 16.2 Å². The van der Waals surface area contributed by atoms with Crippen LogP contribution in [-0.2, 0) is 22.7 Å². The maximum atomic E-state index is 2.45. The van der Waals surface area contributed by atoms with Crippen LogP contribution in [-0.4, -0.2) is 7.05 Å². The van der Waals surface area contributed by atoms with Gasteiger partial charge in [-0.05, 0) is 167 Å². The molecule has 9 aromatic rings. The summed E-state index contributed by atoms with van der Waals surface area (Å²) in [4.78, 5) is 15.8. The Morgan fingerprint density at radius 2 is 0.750 bits per heavy atom. The van der Waals surface area contributed by atoms with Crippen molar-refractivity contribution in [3.05, 3.63) is 196 Å². The van der Waals surface area contributed by atoms with E-state index in [9.17, 15) is 0 Å². The smallest absolute Gasteiger partial charge is 0.0462 e. The van der Waals surface area contributed by atoms with Crippen molar-refractivity contribution in [3.63, 3.8) is 0 Å². The van der Waals surface area contributed by atoms with Crippen LogP contribution in [0.5, 0.6) is 0 Å². The molecular weight excluding hydrogens is 949 g/mol. The Balaban J connectivity index is 0.938. The summed E-state index contributed by atoms with van der Waals surface area (Å²) in [5.74, 6) is 0. The lowest BCUT2D eigenvalue weighted by Crippen LogP contribution is -2.22. The molecule has 0 amide bonds. The molecule has 0 aliphatic rings. The zero-order valence-electron chi connectivity index (χ0n) is 44.1. The SMILES string of the molecule is CCCCCCc1ccc(-c2ccc(-c3ccc(-c4ccc(C(C)(CCC)c5ccc(N(c6ccc(-c7ccc(N(C)c8ccc(C(C)(C)C)cc8)cc7)cc6)c6ccc(C(C)(C)C)cc6)cc5)s4)s3)s2)s1. The molecule has 370 valence electrons. The van der Waals surface area contributed by atoms with Gasteiger partial charge in [-0.2, -0.15) is 0 Å². The zero-order valence-corrected chi connectivity index (χ0v) is 47.4. The summed E-state index contributed by atoms with van der Waals surface area (Å²) in [6, 6.07) is 64.3. The van der Waals surface area contributed by atoms with E-state index in [0.717, 1.165) is 35.6 Å². The summed E-state index contributed by atoms with van der Waals surface area (Å²) in [6.07, 6.45) is 8.63. The quantitative estimate of drug-likeness (QED) is 0.0791. The van der Waals surface area contributed by atoms with E-state index in [1.807, 2.05) is 45.3 Å². The lowest BCUT2D eigenvalue weighted by Gasteiger charge is -2.31. The molecule has 0 saturated carbocycles. The molecule has 0 fully saturated rings. The average molecular weight is 1020 g/mol. The van der Waals surface area contributed by atoms with Crippen molar-refractivity contribution in [1.29, 1.82) is 0 Å². The second-order valence-corrected chi connectivity index (χ2v) is 26.2. The Bertz CT molecular complexity index is 3150. The Morgan fingerprint density at radius 3 is 1.21 bits per heavy atom. The number of unbranched alkanes of at least 4 members (excludes halogenated alkanes) is 3. The van der Waals surface area contributed by atoms with Gasteiger partial charge >= 0.3 is 0 Å². The fourth-order valence-corrected chi connectivity index (χ4v) is 14.3. The molecule has 4 aromatic heterocycles. The molecule has 72 heavy (non-hydrogen) atoms. The predicted octanol–water partition coefficient (Wildman–Crippen LogP) is 21.7. The number of benzene rings is 5. The summed E-state index contributed by atoms with van der Waals surface area (Å²) >= 11 is 7.79. The average Bonchev–Trinajstić information content (AvgIpc) is 4.24. The highest BCUT2D eigenvalue weighted by atomic mass is 32.1. The van der Waals surface area contributed by atoms with Crippen LogP contribution in [0.4, 0.5) is 28.4 Å². The first-order valence-electron chi connectivity index (χ1n) is 26.1. The van der Waals surface area contributed by atoms with Gasteiger partial charge in [-0.25, -0.2) is 0 Å². The van der Waals surface area contributed by atoms with Crippen LogP contribution in [0.25, 0.3) is 40.4 Å². The first-order valence-corrected chi connectivity index (χ1v) is 29.3.